The zero-order valence-electron chi connectivity index (χ0n) is 6.49. The van der Waals surface area contributed by atoms with Gasteiger partial charge >= 0.3 is 0 Å². The molecule has 0 aliphatic rings. The summed E-state index contributed by atoms with van der Waals surface area (Å²) in [7, 11) is 0. The predicted molar refractivity (Wildman–Crippen MR) is 58.4 cm³/mol. The van der Waals surface area contributed by atoms with Gasteiger partial charge in [-0.2, -0.15) is 0 Å². The number of rotatable bonds is 0. The molecule has 0 saturated carbocycles. The van der Waals surface area contributed by atoms with Gasteiger partial charge in [0.2, 0.25) is 0 Å². The quantitative estimate of drug-likeness (QED) is 0.754. The second-order valence-electron chi connectivity index (χ2n) is 2.80. The Balaban J connectivity index is 2.88. The van der Waals surface area contributed by atoms with Crippen LogP contribution in [-0.2, 0) is 0 Å². The molecule has 1 heterocycles. The molecule has 2 aromatic rings. The molecule has 62 valence electrons. The molecule has 1 aromatic heterocycles. The van der Waals surface area contributed by atoms with E-state index in [9.17, 15) is 0 Å². The Labute approximate surface area is 87.4 Å². The lowest BCUT2D eigenvalue weighted by Crippen LogP contribution is -1.71. The second-order valence-corrected chi connectivity index (χ2v) is 4.57. The van der Waals surface area contributed by atoms with Gasteiger partial charge in [-0.05, 0) is 25.1 Å². The van der Waals surface area contributed by atoms with Crippen LogP contribution in [0.25, 0.3) is 10.9 Å². The van der Waals surface area contributed by atoms with Crippen molar-refractivity contribution in [2.24, 2.45) is 0 Å². The fourth-order valence-corrected chi connectivity index (χ4v) is 2.64. The predicted octanol–water partition coefficient (Wildman–Crippen LogP) is 4.00. The average molecular weight is 289 g/mol. The van der Waals surface area contributed by atoms with Gasteiger partial charge in [-0.25, -0.2) is 0 Å². The van der Waals surface area contributed by atoms with Gasteiger partial charge in [-0.3, -0.25) is 0 Å². The first kappa shape index (κ1) is 8.32. The SMILES string of the molecule is Cc1cc2c(Br)cc(Br)cc2[nH]1. The number of benzene rings is 1. The lowest BCUT2D eigenvalue weighted by atomic mass is 10.2. The number of fused-ring (bicyclic) bond motifs is 1. The Hall–Kier alpha value is -0.280. The molecule has 1 N–H and O–H groups in total. The third-order valence-electron chi connectivity index (χ3n) is 1.79. The van der Waals surface area contributed by atoms with Crippen LogP contribution in [0, 0.1) is 6.92 Å². The highest BCUT2D eigenvalue weighted by Crippen LogP contribution is 2.28. The van der Waals surface area contributed by atoms with Crippen molar-refractivity contribution in [1.29, 1.82) is 0 Å². The molecule has 0 fully saturated rings. The van der Waals surface area contributed by atoms with Gasteiger partial charge in [0.05, 0.1) is 0 Å². The fourth-order valence-electron chi connectivity index (χ4n) is 1.30. The lowest BCUT2D eigenvalue weighted by Gasteiger charge is -1.94. The van der Waals surface area contributed by atoms with Gasteiger partial charge < -0.3 is 4.98 Å². The molecule has 0 atom stereocenters. The van der Waals surface area contributed by atoms with Crippen molar-refractivity contribution >= 4 is 42.8 Å². The summed E-state index contributed by atoms with van der Waals surface area (Å²) in [5.74, 6) is 0. The number of aromatic amines is 1. The number of aryl methyl sites for hydroxylation is 1. The van der Waals surface area contributed by atoms with Crippen molar-refractivity contribution in [3.05, 3.63) is 32.8 Å². The van der Waals surface area contributed by atoms with Crippen LogP contribution in [0.2, 0.25) is 0 Å². The number of hydrogen-bond acceptors (Lipinski definition) is 0. The molecule has 1 nitrogen and oxygen atoms in total. The minimum absolute atomic E-state index is 1.09. The second kappa shape index (κ2) is 2.89. The van der Waals surface area contributed by atoms with Crippen molar-refractivity contribution in [3.8, 4) is 0 Å². The van der Waals surface area contributed by atoms with Crippen molar-refractivity contribution in [3.63, 3.8) is 0 Å². The maximum atomic E-state index is 3.51. The van der Waals surface area contributed by atoms with Gasteiger partial charge in [0.1, 0.15) is 0 Å². The van der Waals surface area contributed by atoms with Crippen molar-refractivity contribution in [1.82, 2.24) is 4.98 Å². The summed E-state index contributed by atoms with van der Waals surface area (Å²) in [4.78, 5) is 3.28. The minimum atomic E-state index is 1.09. The molecular weight excluding hydrogens is 282 g/mol. The topological polar surface area (TPSA) is 15.8 Å². The van der Waals surface area contributed by atoms with Crippen molar-refractivity contribution in [2.45, 2.75) is 6.92 Å². The van der Waals surface area contributed by atoms with Crippen LogP contribution in [0.15, 0.2) is 27.1 Å². The zero-order chi connectivity index (χ0) is 8.72. The van der Waals surface area contributed by atoms with Crippen LogP contribution in [0.5, 0.6) is 0 Å². The third-order valence-corrected chi connectivity index (χ3v) is 2.90. The summed E-state index contributed by atoms with van der Waals surface area (Å²) in [6.07, 6.45) is 0. The van der Waals surface area contributed by atoms with Crippen molar-refractivity contribution < 1.29 is 0 Å². The number of hydrogen-bond donors (Lipinski definition) is 1. The van der Waals surface area contributed by atoms with Crippen LogP contribution < -0.4 is 0 Å². The highest BCUT2D eigenvalue weighted by Gasteiger charge is 2.02. The van der Waals surface area contributed by atoms with Crippen LogP contribution in [0.1, 0.15) is 5.69 Å². The molecule has 3 heteroatoms. The minimum Gasteiger partial charge on any atom is -0.359 e. The molecule has 0 spiro atoms. The molecule has 1 aromatic carbocycles. The molecule has 0 amide bonds. The van der Waals surface area contributed by atoms with Gasteiger partial charge in [-0.1, -0.05) is 31.9 Å². The molecule has 0 aliphatic carbocycles. The molecular formula is C9H7Br2N. The Morgan fingerprint density at radius 2 is 1.92 bits per heavy atom. The Morgan fingerprint density at radius 3 is 2.67 bits per heavy atom. The summed E-state index contributed by atoms with van der Waals surface area (Å²) in [6, 6.07) is 6.26. The summed E-state index contributed by atoms with van der Waals surface area (Å²) < 4.78 is 2.21. The van der Waals surface area contributed by atoms with Crippen LogP contribution in [-0.4, -0.2) is 4.98 Å². The molecule has 2 rings (SSSR count). The van der Waals surface area contributed by atoms with E-state index in [2.05, 4.69) is 62.0 Å². The largest absolute Gasteiger partial charge is 0.359 e. The normalized spacial score (nSPS) is 10.9. The van der Waals surface area contributed by atoms with E-state index in [4.69, 9.17) is 0 Å². The van der Waals surface area contributed by atoms with Crippen molar-refractivity contribution in [2.75, 3.05) is 0 Å². The zero-order valence-corrected chi connectivity index (χ0v) is 9.66. The van der Waals surface area contributed by atoms with E-state index >= 15 is 0 Å². The first-order valence-corrected chi connectivity index (χ1v) is 5.20. The van der Waals surface area contributed by atoms with E-state index in [0.717, 1.165) is 14.5 Å². The summed E-state index contributed by atoms with van der Waals surface area (Å²) >= 11 is 6.95. The van der Waals surface area contributed by atoms with Gasteiger partial charge in [0.25, 0.3) is 0 Å². The van der Waals surface area contributed by atoms with E-state index in [0.29, 0.717) is 0 Å². The first-order valence-electron chi connectivity index (χ1n) is 3.61. The highest BCUT2D eigenvalue weighted by atomic mass is 79.9. The van der Waals surface area contributed by atoms with Gasteiger partial charge in [0.15, 0.2) is 0 Å². The summed E-state index contributed by atoms with van der Waals surface area (Å²) in [5.41, 5.74) is 2.34. The van der Waals surface area contributed by atoms with E-state index in [1.165, 1.54) is 11.1 Å². The molecule has 0 unspecified atom stereocenters. The average Bonchev–Trinajstić information content (AvgIpc) is 2.29. The standard InChI is InChI=1S/C9H7Br2N/c1-5-2-7-8(11)3-6(10)4-9(7)12-5/h2-4,12H,1H3. The van der Waals surface area contributed by atoms with Gasteiger partial charge in [0, 0.05) is 25.5 Å². The van der Waals surface area contributed by atoms with E-state index < -0.39 is 0 Å². The Morgan fingerprint density at radius 1 is 1.17 bits per heavy atom. The molecule has 0 bridgehead atoms. The highest BCUT2D eigenvalue weighted by molar-refractivity contribution is 9.11. The van der Waals surface area contributed by atoms with Crippen LogP contribution >= 0.6 is 31.9 Å². The fraction of sp³-hybridized carbons (Fsp3) is 0.111. The van der Waals surface area contributed by atoms with E-state index in [1.807, 2.05) is 0 Å². The molecule has 12 heavy (non-hydrogen) atoms. The third kappa shape index (κ3) is 1.31. The van der Waals surface area contributed by atoms with Crippen LogP contribution in [0.4, 0.5) is 0 Å². The number of halogens is 2. The van der Waals surface area contributed by atoms with E-state index in [-0.39, 0.29) is 0 Å². The maximum Gasteiger partial charge on any atom is 0.0478 e. The number of aromatic nitrogens is 1. The first-order chi connectivity index (χ1) is 5.66. The lowest BCUT2D eigenvalue weighted by molar-refractivity contribution is 1.30. The Bertz CT molecular complexity index is 431. The van der Waals surface area contributed by atoms with E-state index in [1.54, 1.807) is 0 Å². The van der Waals surface area contributed by atoms with Gasteiger partial charge in [-0.15, -0.1) is 0 Å². The Kier molecular flexibility index (Phi) is 2.00. The molecule has 0 saturated heterocycles. The summed E-state index contributed by atoms with van der Waals surface area (Å²) in [6.45, 7) is 2.06. The number of nitrogens with one attached hydrogen (secondary N) is 1. The monoisotopic (exact) mass is 287 g/mol. The maximum absolute atomic E-state index is 3.51. The summed E-state index contributed by atoms with van der Waals surface area (Å²) in [5, 5.41) is 1.23. The number of H-pyrrole nitrogens is 1. The smallest absolute Gasteiger partial charge is 0.0478 e. The molecule has 0 radical (unpaired) electrons. The molecule has 0 aliphatic heterocycles. The van der Waals surface area contributed by atoms with Crippen LogP contribution in [0.3, 0.4) is 0 Å².